The van der Waals surface area contributed by atoms with Gasteiger partial charge in [0.15, 0.2) is 0 Å². The Morgan fingerprint density at radius 3 is 2.43 bits per heavy atom. The minimum atomic E-state index is -0.669. The number of hydrogen-bond donors (Lipinski definition) is 1. The quantitative estimate of drug-likeness (QED) is 0.843. The molecule has 0 radical (unpaired) electrons. The summed E-state index contributed by atoms with van der Waals surface area (Å²) in [6.07, 6.45) is 1.31. The minimum Gasteiger partial charge on any atom is -0.390 e. The van der Waals surface area contributed by atoms with Gasteiger partial charge in [-0.15, -0.1) is 0 Å². The third-order valence-corrected chi connectivity index (χ3v) is 3.07. The molecule has 1 N–H and O–H groups in total. The molecule has 0 spiro atoms. The molecule has 0 saturated carbocycles. The average molecular weight is 233 g/mol. The van der Waals surface area contributed by atoms with E-state index in [-0.39, 0.29) is 0 Å². The first-order chi connectivity index (χ1) is 6.44. The molecule has 3 heteroatoms. The topological polar surface area (TPSA) is 20.2 Å². The van der Waals surface area contributed by atoms with Gasteiger partial charge in [0.25, 0.3) is 0 Å². The van der Waals surface area contributed by atoms with E-state index in [4.69, 9.17) is 23.2 Å². The van der Waals surface area contributed by atoms with Gasteiger partial charge in [0.1, 0.15) is 0 Å². The smallest absolute Gasteiger partial charge is 0.0657 e. The monoisotopic (exact) mass is 232 g/mol. The van der Waals surface area contributed by atoms with Gasteiger partial charge in [0, 0.05) is 6.42 Å². The highest BCUT2D eigenvalue weighted by Gasteiger charge is 2.18. The summed E-state index contributed by atoms with van der Waals surface area (Å²) in [4.78, 5) is 0. The zero-order valence-corrected chi connectivity index (χ0v) is 9.86. The summed E-state index contributed by atoms with van der Waals surface area (Å²) in [6, 6.07) is 5.44. The third kappa shape index (κ3) is 3.16. The second kappa shape index (κ2) is 4.52. The second-order valence-electron chi connectivity index (χ2n) is 3.78. The summed E-state index contributed by atoms with van der Waals surface area (Å²) in [6.45, 7) is 3.77. The molecule has 1 nitrogen and oxygen atoms in total. The first-order valence-corrected chi connectivity index (χ1v) is 5.36. The van der Waals surface area contributed by atoms with Gasteiger partial charge in [-0.25, -0.2) is 0 Å². The standard InChI is InChI=1S/C11H14Cl2O/c1-3-11(2,14)7-8-4-5-9(12)10(13)6-8/h4-6,14H,3,7H2,1-2H3. The molecule has 1 rings (SSSR count). The molecule has 1 aromatic carbocycles. The Hall–Kier alpha value is -0.240. The number of benzene rings is 1. The molecular weight excluding hydrogens is 219 g/mol. The first kappa shape index (κ1) is 11.8. The van der Waals surface area contributed by atoms with Crippen molar-refractivity contribution in [2.45, 2.75) is 32.3 Å². The van der Waals surface area contributed by atoms with Crippen LogP contribution in [0.3, 0.4) is 0 Å². The van der Waals surface area contributed by atoms with Crippen molar-refractivity contribution in [2.75, 3.05) is 0 Å². The number of hydrogen-bond acceptors (Lipinski definition) is 1. The predicted octanol–water partition coefficient (Wildman–Crippen LogP) is 3.70. The van der Waals surface area contributed by atoms with Gasteiger partial charge in [-0.05, 0) is 31.0 Å². The Labute approximate surface area is 94.7 Å². The average Bonchev–Trinajstić information content (AvgIpc) is 2.11. The fraction of sp³-hybridized carbons (Fsp3) is 0.455. The van der Waals surface area contributed by atoms with Gasteiger partial charge < -0.3 is 5.11 Å². The molecule has 0 aliphatic heterocycles. The van der Waals surface area contributed by atoms with Crippen LogP contribution in [0, 0.1) is 0 Å². The molecule has 0 aliphatic carbocycles. The Morgan fingerprint density at radius 1 is 1.29 bits per heavy atom. The third-order valence-electron chi connectivity index (χ3n) is 2.33. The van der Waals surface area contributed by atoms with E-state index in [0.717, 1.165) is 5.56 Å². The maximum atomic E-state index is 9.86. The van der Waals surface area contributed by atoms with E-state index in [0.29, 0.717) is 22.9 Å². The zero-order chi connectivity index (χ0) is 10.8. The lowest BCUT2D eigenvalue weighted by Gasteiger charge is -2.21. The van der Waals surface area contributed by atoms with Gasteiger partial charge in [-0.2, -0.15) is 0 Å². The van der Waals surface area contributed by atoms with Gasteiger partial charge >= 0.3 is 0 Å². The first-order valence-electron chi connectivity index (χ1n) is 4.61. The van der Waals surface area contributed by atoms with E-state index >= 15 is 0 Å². The van der Waals surface area contributed by atoms with E-state index in [1.165, 1.54) is 0 Å². The largest absolute Gasteiger partial charge is 0.390 e. The van der Waals surface area contributed by atoms with Crippen LogP contribution >= 0.6 is 23.2 Å². The van der Waals surface area contributed by atoms with Gasteiger partial charge in [0.05, 0.1) is 15.6 Å². The van der Waals surface area contributed by atoms with Crippen LogP contribution in [-0.2, 0) is 6.42 Å². The van der Waals surface area contributed by atoms with Crippen LogP contribution in [0.2, 0.25) is 10.0 Å². The van der Waals surface area contributed by atoms with Crippen LogP contribution < -0.4 is 0 Å². The maximum Gasteiger partial charge on any atom is 0.0657 e. The van der Waals surface area contributed by atoms with Crippen LogP contribution in [0.25, 0.3) is 0 Å². The molecule has 0 fully saturated rings. The molecule has 0 heterocycles. The van der Waals surface area contributed by atoms with Gasteiger partial charge in [0.2, 0.25) is 0 Å². The number of rotatable bonds is 3. The van der Waals surface area contributed by atoms with Gasteiger partial charge in [-0.3, -0.25) is 0 Å². The second-order valence-corrected chi connectivity index (χ2v) is 4.59. The summed E-state index contributed by atoms with van der Waals surface area (Å²) in [5, 5.41) is 10.9. The molecule has 0 aliphatic rings. The van der Waals surface area contributed by atoms with Crippen molar-refractivity contribution in [3.05, 3.63) is 33.8 Å². The Balaban J connectivity index is 2.83. The molecule has 78 valence electrons. The summed E-state index contributed by atoms with van der Waals surface area (Å²) >= 11 is 11.7. The summed E-state index contributed by atoms with van der Waals surface area (Å²) in [7, 11) is 0. The van der Waals surface area contributed by atoms with E-state index in [9.17, 15) is 5.11 Å². The highest BCUT2D eigenvalue weighted by Crippen LogP contribution is 2.25. The Morgan fingerprint density at radius 2 is 1.93 bits per heavy atom. The molecule has 1 atom stereocenters. The molecule has 14 heavy (non-hydrogen) atoms. The summed E-state index contributed by atoms with van der Waals surface area (Å²) in [5.41, 5.74) is 0.336. The highest BCUT2D eigenvalue weighted by atomic mass is 35.5. The molecule has 0 amide bonds. The van der Waals surface area contributed by atoms with E-state index < -0.39 is 5.60 Å². The van der Waals surface area contributed by atoms with Crippen molar-refractivity contribution in [3.63, 3.8) is 0 Å². The Kier molecular flexibility index (Phi) is 3.82. The van der Waals surface area contributed by atoms with Crippen molar-refractivity contribution >= 4 is 23.2 Å². The molecule has 0 aromatic heterocycles. The van der Waals surface area contributed by atoms with Crippen LogP contribution in [0.4, 0.5) is 0 Å². The van der Waals surface area contributed by atoms with Crippen molar-refractivity contribution < 1.29 is 5.11 Å². The molecule has 1 unspecified atom stereocenters. The Bertz CT molecular complexity index is 321. The number of halogens is 2. The lowest BCUT2D eigenvalue weighted by Crippen LogP contribution is -2.25. The van der Waals surface area contributed by atoms with Crippen molar-refractivity contribution in [3.8, 4) is 0 Å². The normalized spacial score (nSPS) is 15.2. The van der Waals surface area contributed by atoms with Crippen LogP contribution in [0.1, 0.15) is 25.8 Å². The predicted molar refractivity (Wildman–Crippen MR) is 61.1 cm³/mol. The zero-order valence-electron chi connectivity index (χ0n) is 8.35. The lowest BCUT2D eigenvalue weighted by atomic mass is 9.94. The molecular formula is C11H14Cl2O. The van der Waals surface area contributed by atoms with Gasteiger partial charge in [-0.1, -0.05) is 36.2 Å². The fourth-order valence-corrected chi connectivity index (χ4v) is 1.54. The van der Waals surface area contributed by atoms with E-state index in [1.54, 1.807) is 12.1 Å². The molecule has 1 aromatic rings. The van der Waals surface area contributed by atoms with Crippen molar-refractivity contribution in [1.82, 2.24) is 0 Å². The van der Waals surface area contributed by atoms with Crippen molar-refractivity contribution in [2.24, 2.45) is 0 Å². The SMILES string of the molecule is CCC(C)(O)Cc1ccc(Cl)c(Cl)c1. The maximum absolute atomic E-state index is 9.86. The van der Waals surface area contributed by atoms with Crippen molar-refractivity contribution in [1.29, 1.82) is 0 Å². The van der Waals surface area contributed by atoms with E-state index in [1.807, 2.05) is 19.9 Å². The fourth-order valence-electron chi connectivity index (χ4n) is 1.21. The minimum absolute atomic E-state index is 0.538. The molecule has 0 bridgehead atoms. The van der Waals surface area contributed by atoms with Crippen LogP contribution in [0.15, 0.2) is 18.2 Å². The summed E-state index contributed by atoms with van der Waals surface area (Å²) in [5.74, 6) is 0. The van der Waals surface area contributed by atoms with E-state index in [2.05, 4.69) is 0 Å². The summed E-state index contributed by atoms with van der Waals surface area (Å²) < 4.78 is 0. The molecule has 0 saturated heterocycles. The van der Waals surface area contributed by atoms with Crippen LogP contribution in [0.5, 0.6) is 0 Å². The lowest BCUT2D eigenvalue weighted by molar-refractivity contribution is 0.0564. The van der Waals surface area contributed by atoms with Crippen LogP contribution in [-0.4, -0.2) is 10.7 Å². The number of aliphatic hydroxyl groups is 1. The highest BCUT2D eigenvalue weighted by molar-refractivity contribution is 6.42.